The van der Waals surface area contributed by atoms with E-state index in [0.717, 1.165) is 64.2 Å². The minimum Gasteiger partial charge on any atom is -0.457 e. The summed E-state index contributed by atoms with van der Waals surface area (Å²) in [6.45, 7) is 3.64. The lowest BCUT2D eigenvalue weighted by Gasteiger charge is -2.42. The van der Waals surface area contributed by atoms with Crippen LogP contribution < -0.4 is 0 Å². The smallest absolute Gasteiger partial charge is 0.306 e. The summed E-state index contributed by atoms with van der Waals surface area (Å²) < 4.78 is 34.3. The molecule has 14 heteroatoms. The monoisotopic (exact) mass is 1000 g/mol. The minimum atomic E-state index is -1.71. The van der Waals surface area contributed by atoms with Crippen LogP contribution in [-0.4, -0.2) is 142 Å². The molecule has 14 nitrogen and oxygen atoms in total. The molecule has 2 aliphatic heterocycles. The van der Waals surface area contributed by atoms with E-state index in [0.29, 0.717) is 13.0 Å². The quantitative estimate of drug-likeness (QED) is 0.0172. The molecule has 0 saturated carbocycles. The first-order chi connectivity index (χ1) is 34.1. The van der Waals surface area contributed by atoms with Crippen LogP contribution in [0.15, 0.2) is 24.3 Å². The third-order valence-electron chi connectivity index (χ3n) is 13.7. The van der Waals surface area contributed by atoms with Gasteiger partial charge in [-0.25, -0.2) is 0 Å². The first kappa shape index (κ1) is 64.6. The van der Waals surface area contributed by atoms with E-state index in [1.807, 2.05) is 0 Å². The summed E-state index contributed by atoms with van der Waals surface area (Å²) in [5.74, 6) is -0.375. The van der Waals surface area contributed by atoms with Crippen LogP contribution in [0.4, 0.5) is 0 Å². The molecular weight excluding hydrogens is 897 g/mol. The van der Waals surface area contributed by atoms with Gasteiger partial charge in [-0.3, -0.25) is 4.79 Å². The molecule has 11 unspecified atom stereocenters. The van der Waals surface area contributed by atoms with Gasteiger partial charge in [0.2, 0.25) is 0 Å². The summed E-state index contributed by atoms with van der Waals surface area (Å²) in [6.07, 6.45) is 32.4. The lowest BCUT2D eigenvalue weighted by Crippen LogP contribution is -2.61. The van der Waals surface area contributed by atoms with Gasteiger partial charge in [0.05, 0.1) is 26.4 Å². The predicted octanol–water partition coefficient (Wildman–Crippen LogP) is 9.58. The molecule has 2 saturated heterocycles. The van der Waals surface area contributed by atoms with Gasteiger partial charge in [0, 0.05) is 13.0 Å². The number of rotatable bonds is 46. The molecule has 2 rings (SSSR count). The summed E-state index contributed by atoms with van der Waals surface area (Å²) in [6, 6.07) is 0. The fraction of sp³-hybridized carbons (Fsp3) is 0.911. The largest absolute Gasteiger partial charge is 0.457 e. The highest BCUT2D eigenvalue weighted by atomic mass is 16.7. The van der Waals surface area contributed by atoms with Crippen molar-refractivity contribution in [3.05, 3.63) is 24.3 Å². The van der Waals surface area contributed by atoms with Crippen LogP contribution in [0.5, 0.6) is 0 Å². The third-order valence-corrected chi connectivity index (χ3v) is 13.7. The number of aliphatic hydroxyl groups is 7. The van der Waals surface area contributed by atoms with Crippen LogP contribution in [0, 0.1) is 0 Å². The first-order valence-corrected chi connectivity index (χ1v) is 28.4. The molecule has 0 aromatic carbocycles. The Morgan fingerprint density at radius 3 is 1.43 bits per heavy atom. The Bertz CT molecular complexity index is 1250. The van der Waals surface area contributed by atoms with Gasteiger partial charge >= 0.3 is 5.97 Å². The minimum absolute atomic E-state index is 0.0582. The molecule has 412 valence electrons. The Kier molecular flexibility index (Phi) is 40.4. The summed E-state index contributed by atoms with van der Waals surface area (Å²) in [5, 5.41) is 72.2. The summed E-state index contributed by atoms with van der Waals surface area (Å²) in [4.78, 5) is 13.1. The number of unbranched alkanes of at least 4 members (excludes halogenated alkanes) is 28. The molecule has 11 atom stereocenters. The van der Waals surface area contributed by atoms with E-state index < -0.39 is 80.7 Å². The topological polar surface area (TPSA) is 214 Å². The van der Waals surface area contributed by atoms with E-state index in [4.69, 9.17) is 28.4 Å². The second kappa shape index (κ2) is 43.8. The summed E-state index contributed by atoms with van der Waals surface area (Å²) >= 11 is 0. The molecule has 7 N–H and O–H groups in total. The van der Waals surface area contributed by atoms with Gasteiger partial charge in [0.15, 0.2) is 12.6 Å². The van der Waals surface area contributed by atoms with Crippen LogP contribution in [0.2, 0.25) is 0 Å². The highest BCUT2D eigenvalue weighted by Crippen LogP contribution is 2.27. The molecule has 0 aliphatic carbocycles. The zero-order chi connectivity index (χ0) is 50.9. The SMILES string of the molecule is CCC/C=C\C/C=C\CCCCCCCCOCC(COC1OC(COC2OC(CO)C(O)C(O)C2O)C(O)C(O)C1O)OC(=O)CCCCCCCCCCCCCCCCCCCCCCCC. The molecule has 0 spiro atoms. The first-order valence-electron chi connectivity index (χ1n) is 28.4. The molecule has 0 radical (unpaired) electrons. The molecule has 2 fully saturated rings. The molecule has 2 aliphatic rings. The fourth-order valence-corrected chi connectivity index (χ4v) is 9.09. The number of aliphatic hydroxyl groups excluding tert-OH is 7. The van der Waals surface area contributed by atoms with Crippen LogP contribution in [-0.2, 0) is 33.2 Å². The fourth-order valence-electron chi connectivity index (χ4n) is 9.09. The van der Waals surface area contributed by atoms with Crippen molar-refractivity contribution >= 4 is 5.97 Å². The van der Waals surface area contributed by atoms with Crippen LogP contribution in [0.1, 0.15) is 226 Å². The van der Waals surface area contributed by atoms with Crippen molar-refractivity contribution in [3.8, 4) is 0 Å². The normalized spacial score (nSPS) is 25.6. The zero-order valence-electron chi connectivity index (χ0n) is 44.0. The Morgan fingerprint density at radius 1 is 0.471 bits per heavy atom. The number of hydrogen-bond donors (Lipinski definition) is 7. The maximum Gasteiger partial charge on any atom is 0.306 e. The molecule has 0 amide bonds. The van der Waals surface area contributed by atoms with Gasteiger partial charge in [-0.1, -0.05) is 205 Å². The third kappa shape index (κ3) is 30.6. The maximum atomic E-state index is 13.1. The van der Waals surface area contributed by atoms with E-state index in [1.54, 1.807) is 0 Å². The molecule has 0 bridgehead atoms. The van der Waals surface area contributed by atoms with Crippen LogP contribution in [0.3, 0.4) is 0 Å². The second-order valence-corrected chi connectivity index (χ2v) is 20.1. The standard InChI is InChI=1S/C56H104O14/c1-3-5-7-9-11-13-15-17-19-20-21-22-23-24-25-26-27-29-31-33-35-37-39-48(58)68-45(42-65-40-38-36-34-32-30-28-18-16-14-12-10-8-6-4-2)43-66-55-54(64)52(62)50(60)47(70-55)44-67-56-53(63)51(61)49(59)46(41-57)69-56/h8,10,14,16,45-47,49-57,59-64H,3-7,9,11-13,15,17-44H2,1-2H3/b10-8-,16-14-. The van der Waals surface area contributed by atoms with Crippen molar-refractivity contribution in [2.24, 2.45) is 0 Å². The number of hydrogen-bond acceptors (Lipinski definition) is 14. The summed E-state index contributed by atoms with van der Waals surface area (Å²) in [5.41, 5.74) is 0. The van der Waals surface area contributed by atoms with E-state index in [9.17, 15) is 40.5 Å². The highest BCUT2D eigenvalue weighted by Gasteiger charge is 2.47. The average molecular weight is 1000 g/mol. The number of esters is 1. The van der Waals surface area contributed by atoms with Crippen LogP contribution >= 0.6 is 0 Å². The van der Waals surface area contributed by atoms with Crippen molar-refractivity contribution in [2.45, 2.75) is 293 Å². The van der Waals surface area contributed by atoms with Gasteiger partial charge in [-0.2, -0.15) is 0 Å². The lowest BCUT2D eigenvalue weighted by atomic mass is 9.98. The Balaban J connectivity index is 1.70. The lowest BCUT2D eigenvalue weighted by molar-refractivity contribution is -0.332. The van der Waals surface area contributed by atoms with Gasteiger partial charge in [0.1, 0.15) is 54.9 Å². The summed E-state index contributed by atoms with van der Waals surface area (Å²) in [7, 11) is 0. The highest BCUT2D eigenvalue weighted by molar-refractivity contribution is 5.69. The molecule has 2 heterocycles. The van der Waals surface area contributed by atoms with E-state index in [-0.39, 0.29) is 25.6 Å². The molecule has 0 aromatic rings. The number of carbonyl (C=O) groups excluding carboxylic acids is 1. The van der Waals surface area contributed by atoms with Crippen molar-refractivity contribution in [1.29, 1.82) is 0 Å². The van der Waals surface area contributed by atoms with E-state index in [1.165, 1.54) is 135 Å². The Labute approximate surface area is 424 Å². The molecular formula is C56H104O14. The average Bonchev–Trinajstić information content (AvgIpc) is 3.36. The van der Waals surface area contributed by atoms with Gasteiger partial charge < -0.3 is 64.2 Å². The van der Waals surface area contributed by atoms with Crippen LogP contribution in [0.25, 0.3) is 0 Å². The van der Waals surface area contributed by atoms with E-state index in [2.05, 4.69) is 38.2 Å². The van der Waals surface area contributed by atoms with Crippen molar-refractivity contribution < 1.29 is 69.0 Å². The van der Waals surface area contributed by atoms with Gasteiger partial charge in [0.25, 0.3) is 0 Å². The van der Waals surface area contributed by atoms with Gasteiger partial charge in [-0.05, 0) is 38.5 Å². The van der Waals surface area contributed by atoms with E-state index >= 15 is 0 Å². The van der Waals surface area contributed by atoms with Gasteiger partial charge in [-0.15, -0.1) is 0 Å². The zero-order valence-corrected chi connectivity index (χ0v) is 44.0. The van der Waals surface area contributed by atoms with Crippen molar-refractivity contribution in [3.63, 3.8) is 0 Å². The molecule has 70 heavy (non-hydrogen) atoms. The Morgan fingerprint density at radius 2 is 0.914 bits per heavy atom. The Hall–Kier alpha value is -1.53. The predicted molar refractivity (Wildman–Crippen MR) is 275 cm³/mol. The number of carbonyl (C=O) groups is 1. The number of allylic oxidation sites excluding steroid dienone is 4. The van der Waals surface area contributed by atoms with Crippen molar-refractivity contribution in [1.82, 2.24) is 0 Å². The number of ether oxygens (including phenoxy) is 6. The maximum absolute atomic E-state index is 13.1. The second-order valence-electron chi connectivity index (χ2n) is 20.1. The molecule has 0 aromatic heterocycles. The van der Waals surface area contributed by atoms with Crippen molar-refractivity contribution in [2.75, 3.05) is 33.0 Å².